The van der Waals surface area contributed by atoms with Gasteiger partial charge in [0.25, 0.3) is 17.5 Å². The van der Waals surface area contributed by atoms with Gasteiger partial charge in [-0.1, -0.05) is 6.07 Å². The van der Waals surface area contributed by atoms with Crippen molar-refractivity contribution in [3.05, 3.63) is 69.0 Å². The molecule has 0 spiro atoms. The lowest BCUT2D eigenvalue weighted by Gasteiger charge is -2.14. The molecule has 2 aromatic rings. The van der Waals surface area contributed by atoms with Gasteiger partial charge in [0, 0.05) is 11.8 Å². The average molecular weight is 357 g/mol. The molecule has 0 fully saturated rings. The van der Waals surface area contributed by atoms with E-state index in [2.05, 4.69) is 5.32 Å². The van der Waals surface area contributed by atoms with E-state index in [9.17, 15) is 28.9 Å². The number of hydrogen-bond donors (Lipinski definition) is 1. The summed E-state index contributed by atoms with van der Waals surface area (Å²) < 4.78 is 13.1. The zero-order valence-electron chi connectivity index (χ0n) is 13.5. The first kappa shape index (κ1) is 17.2. The Bertz CT molecular complexity index is 973. The maximum Gasteiger partial charge on any atom is 0.282 e. The van der Waals surface area contributed by atoms with Crippen LogP contribution in [0.3, 0.4) is 0 Å². The van der Waals surface area contributed by atoms with Crippen molar-refractivity contribution in [1.82, 2.24) is 4.90 Å². The largest absolute Gasteiger partial charge is 0.324 e. The topological polar surface area (TPSA) is 110 Å². The second kappa shape index (κ2) is 6.36. The van der Waals surface area contributed by atoms with E-state index in [1.54, 1.807) is 6.92 Å². The molecule has 3 rings (SSSR count). The van der Waals surface area contributed by atoms with Crippen LogP contribution in [-0.4, -0.2) is 34.1 Å². The fourth-order valence-electron chi connectivity index (χ4n) is 2.71. The lowest BCUT2D eigenvalue weighted by molar-refractivity contribution is -0.385. The molecule has 1 N–H and O–H groups in total. The number of nitro benzene ring substituents is 1. The summed E-state index contributed by atoms with van der Waals surface area (Å²) in [6.45, 7) is 0.977. The summed E-state index contributed by atoms with van der Waals surface area (Å²) in [6, 6.07) is 7.46. The number of aryl methyl sites for hydroxylation is 1. The van der Waals surface area contributed by atoms with Crippen LogP contribution in [0.25, 0.3) is 0 Å². The molecule has 9 heteroatoms. The van der Waals surface area contributed by atoms with E-state index in [-0.39, 0.29) is 11.1 Å². The van der Waals surface area contributed by atoms with Crippen LogP contribution in [0.15, 0.2) is 36.4 Å². The summed E-state index contributed by atoms with van der Waals surface area (Å²) in [7, 11) is 0. The van der Waals surface area contributed by atoms with E-state index in [4.69, 9.17) is 0 Å². The fourth-order valence-corrected chi connectivity index (χ4v) is 2.71. The van der Waals surface area contributed by atoms with E-state index >= 15 is 0 Å². The molecule has 2 aromatic carbocycles. The number of carbonyl (C=O) groups is 3. The first-order valence-electron chi connectivity index (χ1n) is 7.49. The molecule has 0 saturated carbocycles. The van der Waals surface area contributed by atoms with Crippen LogP contribution in [0.2, 0.25) is 0 Å². The Balaban J connectivity index is 1.82. The van der Waals surface area contributed by atoms with Gasteiger partial charge >= 0.3 is 0 Å². The highest BCUT2D eigenvalue weighted by Gasteiger charge is 2.41. The summed E-state index contributed by atoms with van der Waals surface area (Å²) in [5.41, 5.74) is -0.128. The number of nitrogens with zero attached hydrogens (tertiary/aromatic N) is 2. The number of benzene rings is 2. The van der Waals surface area contributed by atoms with Gasteiger partial charge in [-0.3, -0.25) is 29.4 Å². The average Bonchev–Trinajstić information content (AvgIpc) is 2.82. The predicted octanol–water partition coefficient (Wildman–Crippen LogP) is 2.28. The van der Waals surface area contributed by atoms with Gasteiger partial charge in [-0.15, -0.1) is 0 Å². The molecule has 0 bridgehead atoms. The van der Waals surface area contributed by atoms with E-state index < -0.39 is 40.7 Å². The third kappa shape index (κ3) is 2.90. The van der Waals surface area contributed by atoms with Gasteiger partial charge in [-0.05, 0) is 36.8 Å². The minimum Gasteiger partial charge on any atom is -0.324 e. The third-order valence-corrected chi connectivity index (χ3v) is 3.94. The molecular formula is C17H12FN3O5. The van der Waals surface area contributed by atoms with E-state index in [1.165, 1.54) is 24.3 Å². The Labute approximate surface area is 146 Å². The van der Waals surface area contributed by atoms with Crippen LogP contribution in [-0.2, 0) is 4.79 Å². The number of nitro groups is 1. The van der Waals surface area contributed by atoms with Crippen molar-refractivity contribution in [2.24, 2.45) is 0 Å². The van der Waals surface area contributed by atoms with Gasteiger partial charge in [0.2, 0.25) is 5.91 Å². The van der Waals surface area contributed by atoms with Crippen molar-refractivity contribution in [2.75, 3.05) is 11.9 Å². The van der Waals surface area contributed by atoms with Crippen LogP contribution in [0.5, 0.6) is 0 Å². The molecule has 132 valence electrons. The molecule has 1 aliphatic rings. The normalized spacial score (nSPS) is 12.9. The molecule has 1 aliphatic heterocycles. The first-order chi connectivity index (χ1) is 12.3. The van der Waals surface area contributed by atoms with E-state index in [1.807, 2.05) is 0 Å². The summed E-state index contributed by atoms with van der Waals surface area (Å²) in [4.78, 5) is 47.9. The van der Waals surface area contributed by atoms with E-state index in [0.29, 0.717) is 16.2 Å². The van der Waals surface area contributed by atoms with Crippen molar-refractivity contribution in [2.45, 2.75) is 6.92 Å². The zero-order valence-corrected chi connectivity index (χ0v) is 13.5. The highest BCUT2D eigenvalue weighted by Crippen LogP contribution is 2.30. The van der Waals surface area contributed by atoms with Crippen molar-refractivity contribution < 1.29 is 23.7 Å². The van der Waals surface area contributed by atoms with Crippen molar-refractivity contribution in [1.29, 1.82) is 0 Å². The molecule has 3 amide bonds. The molecule has 26 heavy (non-hydrogen) atoms. The minimum atomic E-state index is -0.900. The van der Waals surface area contributed by atoms with Crippen molar-refractivity contribution in [3.63, 3.8) is 0 Å². The Morgan fingerprint density at radius 1 is 1.23 bits per heavy atom. The second-order valence-corrected chi connectivity index (χ2v) is 5.66. The number of anilines is 1. The number of fused-ring (bicyclic) bond motifs is 1. The van der Waals surface area contributed by atoms with Crippen LogP contribution in [0.1, 0.15) is 26.3 Å². The monoisotopic (exact) mass is 357 g/mol. The molecule has 0 atom stereocenters. The van der Waals surface area contributed by atoms with Crippen LogP contribution >= 0.6 is 0 Å². The van der Waals surface area contributed by atoms with Crippen LogP contribution < -0.4 is 5.32 Å². The van der Waals surface area contributed by atoms with E-state index in [0.717, 1.165) is 12.1 Å². The lowest BCUT2D eigenvalue weighted by atomic mass is 10.1. The second-order valence-electron chi connectivity index (χ2n) is 5.66. The summed E-state index contributed by atoms with van der Waals surface area (Å²) in [6.07, 6.45) is 0. The smallest absolute Gasteiger partial charge is 0.282 e. The molecule has 1 heterocycles. The molecular weight excluding hydrogens is 345 g/mol. The Morgan fingerprint density at radius 2 is 1.96 bits per heavy atom. The van der Waals surface area contributed by atoms with Gasteiger partial charge in [0.1, 0.15) is 17.9 Å². The number of rotatable bonds is 4. The number of nitrogens with one attached hydrogen (secondary N) is 1. The van der Waals surface area contributed by atoms with Crippen LogP contribution in [0.4, 0.5) is 15.8 Å². The van der Waals surface area contributed by atoms with Crippen LogP contribution in [0, 0.1) is 22.9 Å². The number of amides is 3. The molecule has 0 saturated heterocycles. The number of hydrogen-bond acceptors (Lipinski definition) is 5. The molecule has 0 aromatic heterocycles. The van der Waals surface area contributed by atoms with Gasteiger partial charge in [0.05, 0.1) is 10.5 Å². The van der Waals surface area contributed by atoms with Gasteiger partial charge in [-0.2, -0.15) is 0 Å². The highest BCUT2D eigenvalue weighted by molar-refractivity contribution is 6.24. The standard InChI is InChI=1S/C17H12FN3O5/c1-9-7-10(18)5-6-12(9)19-14(22)8-20-16(23)11-3-2-4-13(21(25)26)15(11)17(20)24/h2-7H,8H2,1H3,(H,19,22). The Kier molecular flexibility index (Phi) is 4.21. The molecule has 0 radical (unpaired) electrons. The quantitative estimate of drug-likeness (QED) is 0.513. The maximum atomic E-state index is 13.1. The number of imide groups is 1. The SMILES string of the molecule is Cc1cc(F)ccc1NC(=O)CN1C(=O)c2cccc([N+](=O)[O-])c2C1=O. The summed E-state index contributed by atoms with van der Waals surface area (Å²) in [5, 5.41) is 13.5. The van der Waals surface area contributed by atoms with Crippen molar-refractivity contribution >= 4 is 29.1 Å². The number of halogens is 1. The van der Waals surface area contributed by atoms with Gasteiger partial charge in [-0.25, -0.2) is 4.39 Å². The number of carbonyl (C=O) groups excluding carboxylic acids is 3. The summed E-state index contributed by atoms with van der Waals surface area (Å²) in [5.74, 6) is -2.83. The predicted molar refractivity (Wildman–Crippen MR) is 88.2 cm³/mol. The van der Waals surface area contributed by atoms with Gasteiger partial charge in [0.15, 0.2) is 0 Å². The molecule has 0 unspecified atom stereocenters. The molecule has 8 nitrogen and oxygen atoms in total. The minimum absolute atomic E-state index is 0.116. The lowest BCUT2D eigenvalue weighted by Crippen LogP contribution is -2.37. The Hall–Kier alpha value is -3.62. The van der Waals surface area contributed by atoms with Gasteiger partial charge < -0.3 is 5.32 Å². The fraction of sp³-hybridized carbons (Fsp3) is 0.118. The highest BCUT2D eigenvalue weighted by atomic mass is 19.1. The third-order valence-electron chi connectivity index (χ3n) is 3.94. The van der Waals surface area contributed by atoms with Crippen molar-refractivity contribution in [3.8, 4) is 0 Å². The molecule has 0 aliphatic carbocycles. The first-order valence-corrected chi connectivity index (χ1v) is 7.49. The maximum absolute atomic E-state index is 13.1. The Morgan fingerprint density at radius 3 is 2.62 bits per heavy atom. The zero-order chi connectivity index (χ0) is 19.0. The summed E-state index contributed by atoms with van der Waals surface area (Å²) >= 11 is 0.